The van der Waals surface area contributed by atoms with Crippen molar-refractivity contribution in [3.63, 3.8) is 0 Å². The second kappa shape index (κ2) is 14.0. The first-order chi connectivity index (χ1) is 20.1. The van der Waals surface area contributed by atoms with E-state index in [1.54, 1.807) is 37.1 Å². The molecule has 0 spiro atoms. The van der Waals surface area contributed by atoms with Crippen LogP contribution in [0.15, 0.2) is 72.8 Å². The fourth-order valence-corrected chi connectivity index (χ4v) is 4.82. The quantitative estimate of drug-likeness (QED) is 0.370. The van der Waals surface area contributed by atoms with E-state index in [1.807, 2.05) is 37.3 Å². The molecular weight excluding hydrogens is 539 g/mol. The van der Waals surface area contributed by atoms with Crippen LogP contribution in [0.2, 0.25) is 0 Å². The van der Waals surface area contributed by atoms with Crippen LogP contribution in [0, 0.1) is 11.7 Å². The summed E-state index contributed by atoms with van der Waals surface area (Å²) in [6.07, 6.45) is -0.283. The maximum atomic E-state index is 13.4. The number of anilines is 2. The molecule has 0 saturated heterocycles. The van der Waals surface area contributed by atoms with E-state index in [4.69, 9.17) is 4.74 Å². The molecule has 1 heterocycles. The number of ether oxygens (including phenoxy) is 1. The van der Waals surface area contributed by atoms with Crippen LogP contribution in [0.3, 0.4) is 0 Å². The molecule has 3 aromatic rings. The van der Waals surface area contributed by atoms with Crippen LogP contribution >= 0.6 is 0 Å². The van der Waals surface area contributed by atoms with Crippen LogP contribution in [0.25, 0.3) is 0 Å². The van der Waals surface area contributed by atoms with Gasteiger partial charge in [-0.25, -0.2) is 9.18 Å². The summed E-state index contributed by atoms with van der Waals surface area (Å²) in [6.45, 7) is 4.02. The number of aliphatic hydroxyl groups is 1. The number of nitrogens with zero attached hydrogens (tertiary/aromatic N) is 2. The highest BCUT2D eigenvalue weighted by Gasteiger charge is 2.32. The zero-order chi connectivity index (χ0) is 30.2. The summed E-state index contributed by atoms with van der Waals surface area (Å²) in [7, 11) is 1.63. The molecule has 3 atom stereocenters. The highest BCUT2D eigenvalue weighted by atomic mass is 19.1. The average molecular weight is 577 g/mol. The van der Waals surface area contributed by atoms with Gasteiger partial charge in [0.1, 0.15) is 17.7 Å². The molecule has 9 nitrogen and oxygen atoms in total. The number of hydrogen-bond acceptors (Lipinski definition) is 5. The zero-order valence-corrected chi connectivity index (χ0v) is 24.0. The van der Waals surface area contributed by atoms with Crippen molar-refractivity contribution in [2.75, 3.05) is 37.4 Å². The van der Waals surface area contributed by atoms with Gasteiger partial charge in [0.25, 0.3) is 0 Å². The molecule has 1 aliphatic rings. The zero-order valence-electron chi connectivity index (χ0n) is 24.0. The Kier molecular flexibility index (Phi) is 10.1. The molecule has 42 heavy (non-hydrogen) atoms. The standard InChI is InChI=1S/C32H37FN4O5/c1-21-18-37(22(2)20-38)31(40)17-24-16-27(34-30(39)15-23-7-5-4-6-8-23)13-14-28(24)42-29(21)19-36(3)32(41)35-26-11-9-25(33)10-12-26/h4-14,16,21-22,29,38H,15,17-20H2,1-3H3,(H,34,39)(H,35,41)/t21-,22-,29+/m0/s1. The Labute approximate surface area is 245 Å². The minimum Gasteiger partial charge on any atom is -0.488 e. The van der Waals surface area contributed by atoms with Crippen LogP contribution in [-0.4, -0.2) is 71.6 Å². The topological polar surface area (TPSA) is 111 Å². The summed E-state index contributed by atoms with van der Waals surface area (Å²) in [4.78, 5) is 42.2. The number of carbonyl (C=O) groups is 3. The van der Waals surface area contributed by atoms with Crippen LogP contribution in [0.4, 0.5) is 20.6 Å². The minimum atomic E-state index is -0.509. The van der Waals surface area contributed by atoms with Gasteiger partial charge in [0.15, 0.2) is 0 Å². The van der Waals surface area contributed by atoms with Crippen LogP contribution in [0.5, 0.6) is 5.75 Å². The summed E-state index contributed by atoms with van der Waals surface area (Å²) in [5.74, 6) is -0.494. The van der Waals surface area contributed by atoms with E-state index in [9.17, 15) is 23.9 Å². The van der Waals surface area contributed by atoms with Gasteiger partial charge in [-0.1, -0.05) is 37.3 Å². The van der Waals surface area contributed by atoms with Crippen LogP contribution < -0.4 is 15.4 Å². The van der Waals surface area contributed by atoms with Gasteiger partial charge in [-0.2, -0.15) is 0 Å². The fraction of sp³-hybridized carbons (Fsp3) is 0.344. The van der Waals surface area contributed by atoms with Crippen molar-refractivity contribution in [3.05, 3.63) is 89.7 Å². The van der Waals surface area contributed by atoms with E-state index in [0.717, 1.165) is 5.56 Å². The number of amides is 4. The third-order valence-electron chi connectivity index (χ3n) is 7.30. The van der Waals surface area contributed by atoms with E-state index in [-0.39, 0.29) is 43.7 Å². The lowest BCUT2D eigenvalue weighted by Crippen LogP contribution is -2.48. The molecule has 0 bridgehead atoms. The normalized spacial score (nSPS) is 17.5. The largest absolute Gasteiger partial charge is 0.488 e. The predicted octanol–water partition coefficient (Wildman–Crippen LogP) is 4.32. The molecule has 0 radical (unpaired) electrons. The maximum Gasteiger partial charge on any atom is 0.321 e. The number of hydrogen-bond donors (Lipinski definition) is 3. The Balaban J connectivity index is 1.55. The van der Waals surface area contributed by atoms with Crippen LogP contribution in [0.1, 0.15) is 25.0 Å². The van der Waals surface area contributed by atoms with Crippen molar-refractivity contribution >= 4 is 29.2 Å². The van der Waals surface area contributed by atoms with E-state index in [2.05, 4.69) is 10.6 Å². The highest BCUT2D eigenvalue weighted by Crippen LogP contribution is 2.29. The van der Waals surface area contributed by atoms with Gasteiger partial charge >= 0.3 is 6.03 Å². The molecule has 10 heteroatoms. The van der Waals surface area contributed by atoms with E-state index in [0.29, 0.717) is 29.2 Å². The number of likely N-dealkylation sites (N-methyl/N-ethyl adjacent to an activating group) is 1. The molecule has 0 saturated carbocycles. The first kappa shape index (κ1) is 30.5. The number of nitrogens with one attached hydrogen (secondary N) is 2. The Morgan fingerprint density at radius 3 is 2.45 bits per heavy atom. The van der Waals surface area contributed by atoms with E-state index >= 15 is 0 Å². The third kappa shape index (κ3) is 8.07. The number of fused-ring (bicyclic) bond motifs is 1. The lowest BCUT2D eigenvalue weighted by Gasteiger charge is -2.34. The Hall–Kier alpha value is -4.44. The fourth-order valence-electron chi connectivity index (χ4n) is 4.82. The number of aliphatic hydroxyl groups excluding tert-OH is 1. The van der Waals surface area contributed by atoms with Crippen LogP contribution in [-0.2, 0) is 22.4 Å². The number of benzene rings is 3. The molecule has 4 rings (SSSR count). The smallest absolute Gasteiger partial charge is 0.321 e. The lowest BCUT2D eigenvalue weighted by atomic mass is 10.0. The molecule has 0 aliphatic carbocycles. The molecule has 1 aliphatic heterocycles. The van der Waals surface area contributed by atoms with Gasteiger partial charge < -0.3 is 30.3 Å². The summed E-state index contributed by atoms with van der Waals surface area (Å²) >= 11 is 0. The number of halogens is 1. The Morgan fingerprint density at radius 1 is 1.07 bits per heavy atom. The van der Waals surface area contributed by atoms with Crippen molar-refractivity contribution in [2.24, 2.45) is 5.92 Å². The molecule has 3 N–H and O–H groups in total. The van der Waals surface area contributed by atoms with Gasteiger partial charge in [-0.15, -0.1) is 0 Å². The molecule has 0 aromatic heterocycles. The summed E-state index contributed by atoms with van der Waals surface area (Å²) in [5, 5.41) is 15.5. The predicted molar refractivity (Wildman–Crippen MR) is 159 cm³/mol. The summed E-state index contributed by atoms with van der Waals surface area (Å²) < 4.78 is 19.7. The molecular formula is C32H37FN4O5. The molecule has 0 fully saturated rings. The van der Waals surface area contributed by atoms with Crippen molar-refractivity contribution in [1.29, 1.82) is 0 Å². The number of rotatable bonds is 8. The van der Waals surface area contributed by atoms with E-state index in [1.165, 1.54) is 29.2 Å². The van der Waals surface area contributed by atoms with Crippen molar-refractivity contribution < 1.29 is 28.6 Å². The van der Waals surface area contributed by atoms with Crippen molar-refractivity contribution in [1.82, 2.24) is 9.80 Å². The SMILES string of the molecule is C[C@H]1CN([C@@H](C)CO)C(=O)Cc2cc(NC(=O)Cc3ccccc3)ccc2O[C@@H]1CN(C)C(=O)Nc1ccc(F)cc1. The molecule has 4 amide bonds. The number of urea groups is 1. The molecule has 0 unspecified atom stereocenters. The summed E-state index contributed by atoms with van der Waals surface area (Å²) in [6, 6.07) is 19.3. The second-order valence-corrected chi connectivity index (χ2v) is 10.7. The number of carbonyl (C=O) groups excluding carboxylic acids is 3. The highest BCUT2D eigenvalue weighted by molar-refractivity contribution is 5.93. The van der Waals surface area contributed by atoms with Crippen molar-refractivity contribution in [2.45, 2.75) is 38.8 Å². The second-order valence-electron chi connectivity index (χ2n) is 10.7. The van der Waals surface area contributed by atoms with Gasteiger partial charge in [-0.05, 0) is 55.0 Å². The molecule has 3 aromatic carbocycles. The molecule has 222 valence electrons. The Bertz CT molecular complexity index is 1390. The first-order valence-electron chi connectivity index (χ1n) is 13.9. The van der Waals surface area contributed by atoms with Crippen molar-refractivity contribution in [3.8, 4) is 5.75 Å². The van der Waals surface area contributed by atoms with E-state index < -0.39 is 24.0 Å². The minimum absolute atomic E-state index is 0.0163. The first-order valence-corrected chi connectivity index (χ1v) is 13.9. The van der Waals surface area contributed by atoms with Gasteiger partial charge in [0, 0.05) is 36.4 Å². The van der Waals surface area contributed by atoms with Gasteiger partial charge in [0.2, 0.25) is 11.8 Å². The van der Waals surface area contributed by atoms with Gasteiger partial charge in [0.05, 0.1) is 32.0 Å². The average Bonchev–Trinajstić information content (AvgIpc) is 3.01. The monoisotopic (exact) mass is 576 g/mol. The summed E-state index contributed by atoms with van der Waals surface area (Å²) in [5.41, 5.74) is 2.46. The Morgan fingerprint density at radius 2 is 1.76 bits per heavy atom. The lowest BCUT2D eigenvalue weighted by molar-refractivity contribution is -0.134. The maximum absolute atomic E-state index is 13.4. The van der Waals surface area contributed by atoms with Gasteiger partial charge in [-0.3, -0.25) is 9.59 Å². The third-order valence-corrected chi connectivity index (χ3v) is 7.30.